The van der Waals surface area contributed by atoms with Crippen molar-refractivity contribution < 1.29 is 32.2 Å². The van der Waals surface area contributed by atoms with Crippen LogP contribution in [0.5, 0.6) is 0 Å². The van der Waals surface area contributed by atoms with Gasteiger partial charge in [0.1, 0.15) is 0 Å². The van der Waals surface area contributed by atoms with Crippen LogP contribution in [0.3, 0.4) is 0 Å². The fourth-order valence-corrected chi connectivity index (χ4v) is 5.78. The van der Waals surface area contributed by atoms with Gasteiger partial charge in [-0.25, -0.2) is 29.3 Å². The first-order valence-electron chi connectivity index (χ1n) is 17.5. The number of hydrogen-bond donors (Lipinski definition) is 4. The number of nitrogens with zero attached hydrogens (tertiary/aromatic N) is 8. The fraction of sp³-hybridized carbons (Fsp3) is 0.243. The van der Waals surface area contributed by atoms with E-state index in [1.54, 1.807) is 18.3 Å². The van der Waals surface area contributed by atoms with Crippen molar-refractivity contribution in [2.24, 2.45) is 0 Å². The maximum Gasteiger partial charge on any atom is 0.451 e. The maximum atomic E-state index is 12.8. The van der Waals surface area contributed by atoms with Gasteiger partial charge < -0.3 is 30.7 Å². The molecule has 2 aliphatic rings. The van der Waals surface area contributed by atoms with Crippen LogP contribution in [0.4, 0.5) is 24.5 Å². The molecular weight excluding hydrogens is 769 g/mol. The van der Waals surface area contributed by atoms with Gasteiger partial charge in [-0.1, -0.05) is 35.9 Å². The van der Waals surface area contributed by atoms with Crippen LogP contribution in [0.2, 0.25) is 5.02 Å². The minimum atomic E-state index is -4.67. The van der Waals surface area contributed by atoms with Gasteiger partial charge in [-0.3, -0.25) is 9.59 Å². The summed E-state index contributed by atoms with van der Waals surface area (Å²) < 4.78 is 52.2. The molecule has 0 saturated carbocycles. The van der Waals surface area contributed by atoms with Crippen molar-refractivity contribution in [1.82, 2.24) is 50.1 Å². The van der Waals surface area contributed by atoms with E-state index in [-0.39, 0.29) is 29.5 Å². The molecule has 20 heteroatoms. The fourth-order valence-electron chi connectivity index (χ4n) is 5.68. The van der Waals surface area contributed by atoms with E-state index in [4.69, 9.17) is 21.1 Å². The van der Waals surface area contributed by atoms with Crippen LogP contribution < -0.4 is 21.3 Å². The van der Waals surface area contributed by atoms with Crippen LogP contribution in [0, 0.1) is 0 Å². The molecule has 0 unspecified atom stereocenters. The van der Waals surface area contributed by atoms with Crippen LogP contribution in [-0.2, 0) is 15.7 Å². The molecule has 0 aliphatic carbocycles. The molecule has 2 saturated heterocycles. The molecule has 2 fully saturated rings. The minimum Gasteiger partial charge on any atom is -0.371 e. The van der Waals surface area contributed by atoms with Crippen molar-refractivity contribution in [3.8, 4) is 11.8 Å². The van der Waals surface area contributed by atoms with Gasteiger partial charge in [0.2, 0.25) is 5.82 Å². The average molecular weight is 803 g/mol. The standard InChI is InChI=1S/C19H17F3N6O2.C18H17ClN6O2/c20-19(21,22)18-24-6-5-16(27-18)28-11-13(9-25-28)17(29)26-14-3-1-12(2-4-14)15-10-23-7-8-30-15;19-14-8-21-18(22-9-14)25-11-13(7-23-25)17(26)24-15-3-1-12(2-4-15)16-10-20-5-6-27-16/h1-6,9,11,15,23H,7-8,10H2,(H,26,29);1-4,7-9,11,16,20H,5-6,10H2,(H,24,26)/t15-;16-/m11/s1. The predicted molar refractivity (Wildman–Crippen MR) is 200 cm³/mol. The highest BCUT2D eigenvalue weighted by Gasteiger charge is 2.35. The van der Waals surface area contributed by atoms with Gasteiger partial charge in [-0.2, -0.15) is 23.4 Å². The van der Waals surface area contributed by atoms with Gasteiger partial charge in [0, 0.05) is 62.2 Å². The van der Waals surface area contributed by atoms with Crippen LogP contribution in [0.25, 0.3) is 11.8 Å². The van der Waals surface area contributed by atoms with E-state index in [1.165, 1.54) is 41.7 Å². The predicted octanol–water partition coefficient (Wildman–Crippen LogP) is 4.82. The summed E-state index contributed by atoms with van der Waals surface area (Å²) in [6.07, 6.45) is 4.84. The molecule has 0 bridgehead atoms. The molecule has 8 rings (SSSR count). The topological polar surface area (TPSA) is 188 Å². The molecule has 0 radical (unpaired) electrons. The van der Waals surface area contributed by atoms with Crippen molar-refractivity contribution >= 4 is 34.8 Å². The third kappa shape index (κ3) is 10.2. The van der Waals surface area contributed by atoms with Gasteiger partial charge in [0.05, 0.1) is 66.4 Å². The lowest BCUT2D eigenvalue weighted by Gasteiger charge is -2.24. The number of ether oxygens (including phenoxy) is 2. The van der Waals surface area contributed by atoms with E-state index >= 15 is 0 Å². The highest BCUT2D eigenvalue weighted by molar-refractivity contribution is 6.30. The van der Waals surface area contributed by atoms with E-state index < -0.39 is 17.9 Å². The second-order valence-electron chi connectivity index (χ2n) is 12.6. The second-order valence-corrected chi connectivity index (χ2v) is 13.0. The SMILES string of the molecule is O=C(Nc1ccc([C@H]2CNCCO2)cc1)c1cnn(-c2ccnc(C(F)(F)F)n2)c1.O=C(Nc1ccc([C@H]2CNCCO2)cc1)c1cnn(-c2ncc(Cl)cn2)c1. The van der Waals surface area contributed by atoms with E-state index in [0.717, 1.165) is 48.2 Å². The van der Waals surface area contributed by atoms with E-state index in [1.807, 2.05) is 36.4 Å². The summed E-state index contributed by atoms with van der Waals surface area (Å²) in [6, 6.07) is 16.2. The Morgan fingerprint density at radius 2 is 1.23 bits per heavy atom. The molecule has 2 amide bonds. The van der Waals surface area contributed by atoms with Crippen molar-refractivity contribution in [1.29, 1.82) is 0 Å². The number of alkyl halides is 3. The summed E-state index contributed by atoms with van der Waals surface area (Å²) in [7, 11) is 0. The van der Waals surface area contributed by atoms with Crippen molar-refractivity contribution in [3.63, 3.8) is 0 Å². The number of morpholine rings is 2. The lowest BCUT2D eigenvalue weighted by Crippen LogP contribution is -2.33. The van der Waals surface area contributed by atoms with Crippen LogP contribution in [-0.4, -0.2) is 90.7 Å². The molecule has 0 spiro atoms. The smallest absolute Gasteiger partial charge is 0.371 e. The summed E-state index contributed by atoms with van der Waals surface area (Å²) in [4.78, 5) is 39.7. The molecule has 4 aromatic heterocycles. The van der Waals surface area contributed by atoms with E-state index in [2.05, 4.69) is 51.4 Å². The molecular formula is C37H34ClF3N12O4. The summed E-state index contributed by atoms with van der Waals surface area (Å²) in [5.41, 5.74) is 3.92. The average Bonchev–Trinajstić information content (AvgIpc) is 3.95. The molecule has 2 aliphatic heterocycles. The summed E-state index contributed by atoms with van der Waals surface area (Å²) >= 11 is 5.78. The van der Waals surface area contributed by atoms with E-state index in [0.29, 0.717) is 41.1 Å². The Hall–Kier alpha value is -6.12. The zero-order valence-corrected chi connectivity index (χ0v) is 30.6. The number of anilines is 2. The first kappa shape index (κ1) is 39.1. The van der Waals surface area contributed by atoms with Gasteiger partial charge >= 0.3 is 6.18 Å². The minimum absolute atomic E-state index is 0.0313. The van der Waals surface area contributed by atoms with Gasteiger partial charge in [-0.15, -0.1) is 0 Å². The van der Waals surface area contributed by atoms with Crippen molar-refractivity contribution in [2.75, 3.05) is 50.0 Å². The monoisotopic (exact) mass is 802 g/mol. The maximum absolute atomic E-state index is 12.8. The van der Waals surface area contributed by atoms with Crippen LogP contribution in [0.15, 0.2) is 98.0 Å². The molecule has 2 atom stereocenters. The van der Waals surface area contributed by atoms with Crippen LogP contribution >= 0.6 is 11.6 Å². The van der Waals surface area contributed by atoms with Crippen molar-refractivity contribution in [3.05, 3.63) is 131 Å². The zero-order chi connectivity index (χ0) is 39.8. The zero-order valence-electron chi connectivity index (χ0n) is 29.9. The molecule has 16 nitrogen and oxygen atoms in total. The van der Waals surface area contributed by atoms with Gasteiger partial charge in [-0.05, 0) is 35.4 Å². The Morgan fingerprint density at radius 3 is 1.72 bits per heavy atom. The first-order valence-corrected chi connectivity index (χ1v) is 17.9. The normalized spacial score (nSPS) is 16.9. The third-order valence-electron chi connectivity index (χ3n) is 8.57. The van der Waals surface area contributed by atoms with Gasteiger partial charge in [0.25, 0.3) is 17.8 Å². The lowest BCUT2D eigenvalue weighted by molar-refractivity contribution is -0.145. The Labute approximate surface area is 327 Å². The Kier molecular flexibility index (Phi) is 12.2. The summed E-state index contributed by atoms with van der Waals surface area (Å²) in [5, 5.41) is 20.6. The number of hydrogen-bond acceptors (Lipinski definition) is 12. The summed E-state index contributed by atoms with van der Waals surface area (Å²) in [6.45, 7) is 4.56. The molecule has 4 N–H and O–H groups in total. The number of carbonyl (C=O) groups excluding carboxylic acids is 2. The number of benzene rings is 2. The number of aromatic nitrogens is 8. The van der Waals surface area contributed by atoms with Crippen LogP contribution in [0.1, 0.15) is 49.9 Å². The number of carbonyl (C=O) groups is 2. The summed E-state index contributed by atoms with van der Waals surface area (Å²) in [5.74, 6) is -1.75. The van der Waals surface area contributed by atoms with E-state index in [9.17, 15) is 22.8 Å². The number of amides is 2. The van der Waals surface area contributed by atoms with Gasteiger partial charge in [0.15, 0.2) is 5.82 Å². The highest BCUT2D eigenvalue weighted by atomic mass is 35.5. The third-order valence-corrected chi connectivity index (χ3v) is 8.76. The number of rotatable bonds is 8. The Bertz CT molecular complexity index is 2280. The second kappa shape index (κ2) is 17.8. The number of halogens is 4. The van der Waals surface area contributed by atoms with Crippen molar-refractivity contribution in [2.45, 2.75) is 18.4 Å². The lowest BCUT2D eigenvalue weighted by atomic mass is 10.1. The molecule has 6 aromatic rings. The first-order chi connectivity index (χ1) is 27.6. The Morgan fingerprint density at radius 1 is 0.719 bits per heavy atom. The Balaban J connectivity index is 0.000000175. The quantitative estimate of drug-likeness (QED) is 0.165. The largest absolute Gasteiger partial charge is 0.451 e. The molecule has 294 valence electrons. The highest BCUT2D eigenvalue weighted by Crippen LogP contribution is 2.26. The molecule has 2 aromatic carbocycles. The molecule has 57 heavy (non-hydrogen) atoms. The molecule has 6 heterocycles. The number of nitrogens with one attached hydrogen (secondary N) is 4.